The van der Waals surface area contributed by atoms with Crippen molar-refractivity contribution in [2.45, 2.75) is 5.92 Å². The molecule has 2 heterocycles. The van der Waals surface area contributed by atoms with Crippen molar-refractivity contribution in [2.75, 3.05) is 0 Å². The number of rotatable bonds is 2. The molecule has 2 nitrogen and oxygen atoms in total. The van der Waals surface area contributed by atoms with Gasteiger partial charge in [0.05, 0.1) is 0 Å². The van der Waals surface area contributed by atoms with E-state index in [0.29, 0.717) is 0 Å². The van der Waals surface area contributed by atoms with Crippen molar-refractivity contribution >= 4 is 0 Å². The van der Waals surface area contributed by atoms with Gasteiger partial charge in [0, 0.05) is 29.7 Å². The quantitative estimate of drug-likeness (QED) is 0.674. The lowest BCUT2D eigenvalue weighted by atomic mass is 10.1. The van der Waals surface area contributed by atoms with Gasteiger partial charge in [-0.05, 0) is 31.2 Å². The van der Waals surface area contributed by atoms with Gasteiger partial charge in [-0.2, -0.15) is 0 Å². The van der Waals surface area contributed by atoms with Crippen LogP contribution in [0.2, 0.25) is 0 Å². The van der Waals surface area contributed by atoms with Gasteiger partial charge < -0.3 is 9.97 Å². The van der Waals surface area contributed by atoms with Gasteiger partial charge in [0.15, 0.2) is 0 Å². The van der Waals surface area contributed by atoms with E-state index in [1.54, 1.807) is 0 Å². The van der Waals surface area contributed by atoms with E-state index in [-0.39, 0.29) is 5.92 Å². The van der Waals surface area contributed by atoms with Crippen LogP contribution < -0.4 is 0 Å². The summed E-state index contributed by atoms with van der Waals surface area (Å²) in [5.74, 6) is 0.176. The molecular formula is C10H11N2. The summed E-state index contributed by atoms with van der Waals surface area (Å²) in [6.07, 6.45) is 3.83. The molecule has 0 aliphatic carbocycles. The highest BCUT2D eigenvalue weighted by Crippen LogP contribution is 2.19. The van der Waals surface area contributed by atoms with E-state index < -0.39 is 0 Å². The van der Waals surface area contributed by atoms with Crippen LogP contribution in [0, 0.1) is 6.92 Å². The van der Waals surface area contributed by atoms with Gasteiger partial charge in [-0.3, -0.25) is 0 Å². The van der Waals surface area contributed by atoms with Gasteiger partial charge >= 0.3 is 0 Å². The van der Waals surface area contributed by atoms with E-state index in [2.05, 4.69) is 16.9 Å². The third-order valence-corrected chi connectivity index (χ3v) is 1.99. The van der Waals surface area contributed by atoms with Crippen molar-refractivity contribution in [2.24, 2.45) is 0 Å². The smallest absolute Gasteiger partial charge is 0.0392 e. The van der Waals surface area contributed by atoms with Crippen LogP contribution in [0.5, 0.6) is 0 Å². The average Bonchev–Trinajstić information content (AvgIpc) is 2.77. The number of aromatic amines is 2. The molecule has 2 heteroatoms. The molecule has 61 valence electrons. The van der Waals surface area contributed by atoms with E-state index in [0.717, 1.165) is 11.4 Å². The molecule has 2 N–H and O–H groups in total. The first-order chi connectivity index (χ1) is 5.88. The van der Waals surface area contributed by atoms with Gasteiger partial charge in [0.25, 0.3) is 0 Å². The molecule has 0 amide bonds. The number of nitrogens with one attached hydrogen (secondary N) is 2. The van der Waals surface area contributed by atoms with Gasteiger partial charge in [-0.15, -0.1) is 0 Å². The highest BCUT2D eigenvalue weighted by Gasteiger charge is 2.08. The Balaban J connectivity index is 2.27. The molecule has 0 atom stereocenters. The summed E-state index contributed by atoms with van der Waals surface area (Å²) in [5.41, 5.74) is 2.27. The Morgan fingerprint density at radius 3 is 1.83 bits per heavy atom. The van der Waals surface area contributed by atoms with E-state index in [4.69, 9.17) is 0 Å². The molecule has 0 aliphatic heterocycles. The van der Waals surface area contributed by atoms with Crippen LogP contribution >= 0.6 is 0 Å². The molecule has 12 heavy (non-hydrogen) atoms. The van der Waals surface area contributed by atoms with Gasteiger partial charge in [0.1, 0.15) is 0 Å². The summed E-state index contributed by atoms with van der Waals surface area (Å²) in [5, 5.41) is 0. The largest absolute Gasteiger partial charge is 0.364 e. The zero-order chi connectivity index (χ0) is 8.39. The summed E-state index contributed by atoms with van der Waals surface area (Å²) < 4.78 is 0. The number of H-pyrrole nitrogens is 2. The predicted octanol–water partition coefficient (Wildman–Crippen LogP) is 2.31. The van der Waals surface area contributed by atoms with Gasteiger partial charge in [-0.25, -0.2) is 0 Å². The second-order valence-electron chi connectivity index (χ2n) is 2.80. The highest BCUT2D eigenvalue weighted by atomic mass is 14.7. The maximum Gasteiger partial charge on any atom is 0.0392 e. The van der Waals surface area contributed by atoms with Crippen LogP contribution in [0.4, 0.5) is 0 Å². The minimum absolute atomic E-state index is 0.176. The van der Waals surface area contributed by atoms with Crippen LogP contribution in [-0.2, 0) is 0 Å². The maximum absolute atomic E-state index is 4.06. The molecule has 0 unspecified atom stereocenters. The van der Waals surface area contributed by atoms with Crippen molar-refractivity contribution in [3.8, 4) is 0 Å². The van der Waals surface area contributed by atoms with Gasteiger partial charge in [-0.1, -0.05) is 0 Å². The molecule has 0 saturated carbocycles. The fourth-order valence-electron chi connectivity index (χ4n) is 1.29. The lowest BCUT2D eigenvalue weighted by molar-refractivity contribution is 0.929. The third kappa shape index (κ3) is 1.16. The molecule has 2 rings (SSSR count). The Morgan fingerprint density at radius 1 is 1.00 bits per heavy atom. The maximum atomic E-state index is 4.06. The molecule has 0 aromatic carbocycles. The molecule has 0 spiro atoms. The summed E-state index contributed by atoms with van der Waals surface area (Å²) in [7, 11) is 0. The number of hydrogen-bond donors (Lipinski definition) is 2. The van der Waals surface area contributed by atoms with Crippen LogP contribution in [0.3, 0.4) is 0 Å². The molecule has 1 radical (unpaired) electrons. The fraction of sp³-hybridized carbons (Fsp3) is 0.100. The highest BCUT2D eigenvalue weighted by molar-refractivity contribution is 5.24. The summed E-state index contributed by atoms with van der Waals surface area (Å²) in [4.78, 5) is 6.29. The van der Waals surface area contributed by atoms with Crippen molar-refractivity contribution in [3.05, 3.63) is 55.0 Å². The van der Waals surface area contributed by atoms with Crippen molar-refractivity contribution in [3.63, 3.8) is 0 Å². The molecule has 0 bridgehead atoms. The lowest BCUT2D eigenvalue weighted by Gasteiger charge is -2.06. The third-order valence-electron chi connectivity index (χ3n) is 1.99. The van der Waals surface area contributed by atoms with Crippen LogP contribution in [0.1, 0.15) is 17.3 Å². The van der Waals surface area contributed by atoms with E-state index in [1.165, 1.54) is 0 Å². The molecule has 0 aliphatic rings. The van der Waals surface area contributed by atoms with Crippen LogP contribution in [-0.4, -0.2) is 9.97 Å². The van der Waals surface area contributed by atoms with E-state index >= 15 is 0 Å². The number of aromatic nitrogens is 2. The summed E-state index contributed by atoms with van der Waals surface area (Å²) in [6, 6.07) is 8.05. The van der Waals surface area contributed by atoms with Crippen LogP contribution in [0.15, 0.2) is 36.7 Å². The molecule has 2 aromatic rings. The Labute approximate surface area is 71.6 Å². The SMILES string of the molecule is [CH2]C(c1ccc[nH]1)c1ccc[nH]1. The normalized spacial score (nSPS) is 10.8. The fourth-order valence-corrected chi connectivity index (χ4v) is 1.29. The first kappa shape index (κ1) is 7.22. The van der Waals surface area contributed by atoms with Gasteiger partial charge in [0.2, 0.25) is 0 Å². The summed E-state index contributed by atoms with van der Waals surface area (Å²) >= 11 is 0. The average molecular weight is 159 g/mol. The Morgan fingerprint density at radius 2 is 1.50 bits per heavy atom. The first-order valence-corrected chi connectivity index (χ1v) is 3.97. The Hall–Kier alpha value is -1.44. The molecule has 0 saturated heterocycles. The zero-order valence-corrected chi connectivity index (χ0v) is 6.75. The second kappa shape index (κ2) is 2.89. The van der Waals surface area contributed by atoms with Crippen molar-refractivity contribution in [1.82, 2.24) is 9.97 Å². The zero-order valence-electron chi connectivity index (χ0n) is 6.75. The lowest BCUT2D eigenvalue weighted by Crippen LogP contribution is -1.96. The Kier molecular flexibility index (Phi) is 1.74. The molecular weight excluding hydrogens is 148 g/mol. The topological polar surface area (TPSA) is 31.6 Å². The van der Waals surface area contributed by atoms with E-state index in [9.17, 15) is 0 Å². The predicted molar refractivity (Wildman–Crippen MR) is 48.8 cm³/mol. The summed E-state index contributed by atoms with van der Waals surface area (Å²) in [6.45, 7) is 4.06. The van der Waals surface area contributed by atoms with Crippen molar-refractivity contribution in [1.29, 1.82) is 0 Å². The minimum Gasteiger partial charge on any atom is -0.364 e. The van der Waals surface area contributed by atoms with Crippen molar-refractivity contribution < 1.29 is 0 Å². The Bertz CT molecular complexity index is 284. The standard InChI is InChI=1S/C10H11N2/c1-8(9-4-2-6-11-9)10-5-3-7-12-10/h2-8,11-12H,1H2. The van der Waals surface area contributed by atoms with E-state index in [1.807, 2.05) is 36.7 Å². The molecule has 0 fully saturated rings. The molecule has 2 aromatic heterocycles. The number of hydrogen-bond acceptors (Lipinski definition) is 0. The minimum atomic E-state index is 0.176. The van der Waals surface area contributed by atoms with Crippen LogP contribution in [0.25, 0.3) is 0 Å². The first-order valence-electron chi connectivity index (χ1n) is 3.97. The monoisotopic (exact) mass is 159 g/mol. The second-order valence-corrected chi connectivity index (χ2v) is 2.80.